The molecule has 1 amide bonds. The van der Waals surface area contributed by atoms with Gasteiger partial charge in [-0.05, 0) is 30.5 Å². The average molecular weight is 354 g/mol. The molecule has 1 aliphatic rings. The van der Waals surface area contributed by atoms with E-state index in [9.17, 15) is 20.0 Å². The molecule has 3 rings (SSSR count). The normalized spacial score (nSPS) is 13.5. The van der Waals surface area contributed by atoms with Crippen LogP contribution >= 0.6 is 0 Å². The molecule has 0 aromatic heterocycles. The zero-order chi connectivity index (χ0) is 18.5. The second-order valence-corrected chi connectivity index (χ2v) is 5.95. The molecule has 2 aromatic rings. The van der Waals surface area contributed by atoms with Crippen LogP contribution in [0.2, 0.25) is 0 Å². The van der Waals surface area contributed by atoms with E-state index in [0.717, 1.165) is 25.1 Å². The lowest BCUT2D eigenvalue weighted by Gasteiger charge is -2.30. The van der Waals surface area contributed by atoms with Crippen LogP contribution in [-0.2, 0) is 11.2 Å². The third kappa shape index (κ3) is 3.97. The summed E-state index contributed by atoms with van der Waals surface area (Å²) in [5.41, 5.74) is 4.65. The van der Waals surface area contributed by atoms with Crippen molar-refractivity contribution in [2.45, 2.75) is 12.8 Å². The number of aryl methyl sites for hydroxylation is 1. The molecule has 0 fully saturated rings. The highest BCUT2D eigenvalue weighted by molar-refractivity contribution is 5.87. The maximum absolute atomic E-state index is 12.1. The first kappa shape index (κ1) is 17.4. The Morgan fingerprint density at radius 1 is 1.35 bits per heavy atom. The summed E-state index contributed by atoms with van der Waals surface area (Å²) < 4.78 is 0. The van der Waals surface area contributed by atoms with Crippen LogP contribution in [0, 0.1) is 10.1 Å². The molecule has 0 saturated heterocycles. The number of nitro groups is 1. The molecular weight excluding hydrogens is 336 g/mol. The molecule has 8 heteroatoms. The van der Waals surface area contributed by atoms with Crippen molar-refractivity contribution in [2.24, 2.45) is 5.10 Å². The number of hydrogen-bond acceptors (Lipinski definition) is 6. The minimum absolute atomic E-state index is 0.154. The van der Waals surface area contributed by atoms with Gasteiger partial charge in [-0.3, -0.25) is 14.9 Å². The number of nitrogens with one attached hydrogen (secondary N) is 1. The number of nitro benzene ring substituents is 1. The van der Waals surface area contributed by atoms with E-state index in [2.05, 4.69) is 16.6 Å². The van der Waals surface area contributed by atoms with Crippen molar-refractivity contribution < 1.29 is 14.8 Å². The second kappa shape index (κ2) is 7.64. The maximum Gasteiger partial charge on any atom is 0.270 e. The number of carbonyl (C=O) groups excluding carboxylic acids is 1. The SMILES string of the molecule is O=C(CN1CCCc2ccccc21)N/N=C/c1cc([N+](=O)[O-])ccc1O. The van der Waals surface area contributed by atoms with Crippen LogP contribution in [0.25, 0.3) is 0 Å². The number of carbonyl (C=O) groups is 1. The number of amides is 1. The first-order chi connectivity index (χ1) is 12.5. The summed E-state index contributed by atoms with van der Waals surface area (Å²) in [5.74, 6) is -0.457. The average Bonchev–Trinajstić information content (AvgIpc) is 2.63. The zero-order valence-electron chi connectivity index (χ0n) is 14.0. The molecule has 2 aromatic carbocycles. The number of rotatable bonds is 5. The number of nitrogens with zero attached hydrogens (tertiary/aromatic N) is 3. The molecule has 1 heterocycles. The Labute approximate surface area is 149 Å². The van der Waals surface area contributed by atoms with Gasteiger partial charge in [0.1, 0.15) is 5.75 Å². The fraction of sp³-hybridized carbons (Fsp3) is 0.222. The Hall–Kier alpha value is -3.42. The van der Waals surface area contributed by atoms with Crippen molar-refractivity contribution in [3.05, 3.63) is 63.7 Å². The van der Waals surface area contributed by atoms with Crippen molar-refractivity contribution >= 4 is 23.5 Å². The number of aromatic hydroxyl groups is 1. The first-order valence-electron chi connectivity index (χ1n) is 8.17. The molecule has 1 aliphatic heterocycles. The van der Waals surface area contributed by atoms with Crippen molar-refractivity contribution in [1.29, 1.82) is 0 Å². The van der Waals surface area contributed by atoms with E-state index in [-0.39, 0.29) is 29.5 Å². The highest BCUT2D eigenvalue weighted by atomic mass is 16.6. The Morgan fingerprint density at radius 2 is 2.15 bits per heavy atom. The smallest absolute Gasteiger partial charge is 0.270 e. The summed E-state index contributed by atoms with van der Waals surface area (Å²) in [7, 11) is 0. The predicted octanol–water partition coefficient (Wildman–Crippen LogP) is 2.20. The van der Waals surface area contributed by atoms with Gasteiger partial charge in [0.05, 0.1) is 17.7 Å². The number of phenolic OH excluding ortho intramolecular Hbond substituents is 1. The van der Waals surface area contributed by atoms with Crippen LogP contribution in [0.1, 0.15) is 17.5 Å². The van der Waals surface area contributed by atoms with E-state index in [1.165, 1.54) is 30.0 Å². The standard InChI is InChI=1S/C18H18N4O4/c23-17-8-7-15(22(25)26)10-14(17)11-19-20-18(24)12-21-9-3-5-13-4-1-2-6-16(13)21/h1-2,4,6-8,10-11,23H,3,5,9,12H2,(H,20,24)/b19-11+. The molecule has 0 unspecified atom stereocenters. The number of phenols is 1. The molecular formula is C18H18N4O4. The number of fused-ring (bicyclic) bond motifs is 1. The quantitative estimate of drug-likeness (QED) is 0.486. The zero-order valence-corrected chi connectivity index (χ0v) is 14.0. The Balaban J connectivity index is 1.62. The molecule has 26 heavy (non-hydrogen) atoms. The molecule has 134 valence electrons. The minimum atomic E-state index is -0.566. The monoisotopic (exact) mass is 354 g/mol. The van der Waals surface area contributed by atoms with Gasteiger partial charge in [-0.2, -0.15) is 5.10 Å². The Kier molecular flexibility index (Phi) is 5.12. The van der Waals surface area contributed by atoms with E-state index in [0.29, 0.717) is 0 Å². The Morgan fingerprint density at radius 3 is 2.96 bits per heavy atom. The highest BCUT2D eigenvalue weighted by Gasteiger charge is 2.18. The van der Waals surface area contributed by atoms with Gasteiger partial charge < -0.3 is 10.0 Å². The third-order valence-corrected chi connectivity index (χ3v) is 4.16. The van der Waals surface area contributed by atoms with Crippen molar-refractivity contribution in [3.8, 4) is 5.75 Å². The van der Waals surface area contributed by atoms with E-state index < -0.39 is 4.92 Å². The van der Waals surface area contributed by atoms with Crippen LogP contribution in [0.15, 0.2) is 47.6 Å². The van der Waals surface area contributed by atoms with Gasteiger partial charge in [-0.25, -0.2) is 5.43 Å². The number of hydrazone groups is 1. The van der Waals surface area contributed by atoms with Gasteiger partial charge in [0.25, 0.3) is 11.6 Å². The summed E-state index contributed by atoms with van der Waals surface area (Å²) in [5, 5.41) is 24.3. The van der Waals surface area contributed by atoms with Crippen LogP contribution in [-0.4, -0.2) is 35.2 Å². The lowest BCUT2D eigenvalue weighted by molar-refractivity contribution is -0.384. The summed E-state index contributed by atoms with van der Waals surface area (Å²) in [6.45, 7) is 0.953. The van der Waals surface area contributed by atoms with Crippen LogP contribution < -0.4 is 10.3 Å². The molecule has 2 N–H and O–H groups in total. The lowest BCUT2D eigenvalue weighted by atomic mass is 10.0. The third-order valence-electron chi connectivity index (χ3n) is 4.16. The fourth-order valence-electron chi connectivity index (χ4n) is 2.92. The fourth-order valence-corrected chi connectivity index (χ4v) is 2.92. The van der Waals surface area contributed by atoms with Gasteiger partial charge in [0.15, 0.2) is 0 Å². The van der Waals surface area contributed by atoms with Crippen molar-refractivity contribution in [3.63, 3.8) is 0 Å². The van der Waals surface area contributed by atoms with Gasteiger partial charge >= 0.3 is 0 Å². The summed E-state index contributed by atoms with van der Waals surface area (Å²) >= 11 is 0. The second-order valence-electron chi connectivity index (χ2n) is 5.95. The Bertz CT molecular complexity index is 866. The van der Waals surface area contributed by atoms with E-state index in [1.807, 2.05) is 23.1 Å². The predicted molar refractivity (Wildman–Crippen MR) is 97.5 cm³/mol. The lowest BCUT2D eigenvalue weighted by Crippen LogP contribution is -2.38. The molecule has 8 nitrogen and oxygen atoms in total. The number of para-hydroxylation sites is 1. The van der Waals surface area contributed by atoms with E-state index in [4.69, 9.17) is 0 Å². The van der Waals surface area contributed by atoms with E-state index >= 15 is 0 Å². The molecule has 0 radical (unpaired) electrons. The van der Waals surface area contributed by atoms with E-state index in [1.54, 1.807) is 0 Å². The van der Waals surface area contributed by atoms with Crippen molar-refractivity contribution in [1.82, 2.24) is 5.43 Å². The van der Waals surface area contributed by atoms with Crippen LogP contribution in [0.4, 0.5) is 11.4 Å². The molecule has 0 atom stereocenters. The number of benzene rings is 2. The highest BCUT2D eigenvalue weighted by Crippen LogP contribution is 2.26. The number of hydrogen-bond donors (Lipinski definition) is 2. The first-order valence-corrected chi connectivity index (χ1v) is 8.17. The summed E-state index contributed by atoms with van der Waals surface area (Å²) in [4.78, 5) is 24.3. The van der Waals surface area contributed by atoms with Gasteiger partial charge in [0.2, 0.25) is 0 Å². The largest absolute Gasteiger partial charge is 0.507 e. The van der Waals surface area contributed by atoms with Crippen molar-refractivity contribution in [2.75, 3.05) is 18.0 Å². The number of anilines is 1. The minimum Gasteiger partial charge on any atom is -0.507 e. The van der Waals surface area contributed by atoms with Crippen LogP contribution in [0.5, 0.6) is 5.75 Å². The summed E-state index contributed by atoms with van der Waals surface area (Å²) in [6, 6.07) is 11.6. The van der Waals surface area contributed by atoms with Gasteiger partial charge in [0, 0.05) is 29.9 Å². The topological polar surface area (TPSA) is 108 Å². The summed E-state index contributed by atoms with van der Waals surface area (Å²) in [6.07, 6.45) is 3.16. The molecule has 0 bridgehead atoms. The molecule has 0 spiro atoms. The molecule has 0 aliphatic carbocycles. The van der Waals surface area contributed by atoms with Crippen LogP contribution in [0.3, 0.4) is 0 Å². The number of non-ortho nitro benzene ring substituents is 1. The van der Waals surface area contributed by atoms with Gasteiger partial charge in [-0.1, -0.05) is 18.2 Å². The maximum atomic E-state index is 12.1. The van der Waals surface area contributed by atoms with Gasteiger partial charge in [-0.15, -0.1) is 0 Å². The molecule has 0 saturated carbocycles.